The molecule has 0 bridgehead atoms. The molecule has 1 fully saturated rings. The Kier molecular flexibility index (Phi) is 2.57. The van der Waals surface area contributed by atoms with E-state index in [1.807, 2.05) is 0 Å². The second-order valence-corrected chi connectivity index (χ2v) is 3.88. The number of likely N-dealkylation sites (tertiary alicyclic amines) is 1. The third kappa shape index (κ3) is 2.15. The summed E-state index contributed by atoms with van der Waals surface area (Å²) in [6.45, 7) is 1.29. The molecule has 0 N–H and O–H groups in total. The van der Waals surface area contributed by atoms with Gasteiger partial charge in [-0.2, -0.15) is 0 Å². The number of rotatable bonds is 1. The van der Waals surface area contributed by atoms with Gasteiger partial charge in [-0.25, -0.2) is 13.8 Å². The molecule has 2 heterocycles. The van der Waals surface area contributed by atoms with Gasteiger partial charge in [-0.15, -0.1) is 0 Å². The van der Waals surface area contributed by atoms with Gasteiger partial charge in [-0.1, -0.05) is 0 Å². The predicted molar refractivity (Wildman–Crippen MR) is 52.2 cm³/mol. The van der Waals surface area contributed by atoms with Crippen molar-refractivity contribution in [1.29, 1.82) is 0 Å². The summed E-state index contributed by atoms with van der Waals surface area (Å²) in [5, 5.41) is 0. The Balaban J connectivity index is 2.12. The van der Waals surface area contributed by atoms with Crippen molar-refractivity contribution in [1.82, 2.24) is 14.9 Å². The average Bonchev–Trinajstić information content (AvgIpc) is 2.59. The van der Waals surface area contributed by atoms with Crippen molar-refractivity contribution >= 4 is 5.91 Å². The van der Waals surface area contributed by atoms with Crippen LogP contribution in [0.3, 0.4) is 0 Å². The van der Waals surface area contributed by atoms with Crippen molar-refractivity contribution in [3.63, 3.8) is 0 Å². The molecule has 16 heavy (non-hydrogen) atoms. The topological polar surface area (TPSA) is 46.1 Å². The van der Waals surface area contributed by atoms with Gasteiger partial charge in [0.25, 0.3) is 11.8 Å². The quantitative estimate of drug-likeness (QED) is 0.725. The van der Waals surface area contributed by atoms with Crippen LogP contribution < -0.4 is 0 Å². The lowest BCUT2D eigenvalue weighted by Gasteiger charge is -2.15. The Hall–Kier alpha value is -1.59. The SMILES string of the molecule is Cc1cnc(C(=O)N2CCC(F)(F)C2)cn1. The molecule has 1 aromatic rings. The molecule has 2 rings (SSSR count). The summed E-state index contributed by atoms with van der Waals surface area (Å²) in [5.41, 5.74) is 0.798. The molecule has 0 atom stereocenters. The van der Waals surface area contributed by atoms with Crippen LogP contribution in [-0.4, -0.2) is 39.8 Å². The van der Waals surface area contributed by atoms with Crippen LogP contribution in [0.25, 0.3) is 0 Å². The first kappa shape index (κ1) is 10.9. The zero-order valence-electron chi connectivity index (χ0n) is 8.78. The van der Waals surface area contributed by atoms with E-state index in [-0.39, 0.29) is 18.7 Å². The lowest BCUT2D eigenvalue weighted by molar-refractivity contribution is 0.0119. The zero-order chi connectivity index (χ0) is 11.8. The number of carbonyl (C=O) groups excluding carboxylic acids is 1. The molecule has 4 nitrogen and oxygen atoms in total. The minimum Gasteiger partial charge on any atom is -0.331 e. The highest BCUT2D eigenvalue weighted by Gasteiger charge is 2.40. The predicted octanol–water partition coefficient (Wildman–Crippen LogP) is 1.27. The molecule has 1 aliphatic heterocycles. The van der Waals surface area contributed by atoms with E-state index >= 15 is 0 Å². The molecule has 6 heteroatoms. The number of hydrogen-bond acceptors (Lipinski definition) is 3. The minimum atomic E-state index is -2.77. The monoisotopic (exact) mass is 227 g/mol. The first-order valence-corrected chi connectivity index (χ1v) is 4.94. The maximum Gasteiger partial charge on any atom is 0.274 e. The zero-order valence-corrected chi connectivity index (χ0v) is 8.78. The van der Waals surface area contributed by atoms with Crippen LogP contribution in [0, 0.1) is 6.92 Å². The van der Waals surface area contributed by atoms with Gasteiger partial charge in [0.2, 0.25) is 0 Å². The lowest BCUT2D eigenvalue weighted by Crippen LogP contribution is -2.32. The van der Waals surface area contributed by atoms with Gasteiger partial charge >= 0.3 is 0 Å². The van der Waals surface area contributed by atoms with Gasteiger partial charge in [0, 0.05) is 19.2 Å². The summed E-state index contributed by atoms with van der Waals surface area (Å²) in [4.78, 5) is 20.6. The van der Waals surface area contributed by atoms with E-state index in [1.54, 1.807) is 6.92 Å². The Labute approximate surface area is 91.3 Å². The van der Waals surface area contributed by atoms with Gasteiger partial charge in [0.1, 0.15) is 5.69 Å². The van der Waals surface area contributed by atoms with E-state index in [2.05, 4.69) is 9.97 Å². The van der Waals surface area contributed by atoms with Crippen LogP contribution >= 0.6 is 0 Å². The number of amides is 1. The highest BCUT2D eigenvalue weighted by atomic mass is 19.3. The molecule has 1 aliphatic rings. The Bertz CT molecular complexity index is 405. The number of aromatic nitrogens is 2. The van der Waals surface area contributed by atoms with E-state index in [0.717, 1.165) is 4.90 Å². The van der Waals surface area contributed by atoms with Crippen molar-refractivity contribution in [2.24, 2.45) is 0 Å². The first-order chi connectivity index (χ1) is 7.48. The van der Waals surface area contributed by atoms with Gasteiger partial charge in [-0.3, -0.25) is 9.78 Å². The summed E-state index contributed by atoms with van der Waals surface area (Å²) in [6.07, 6.45) is 2.48. The molecule has 1 saturated heterocycles. The third-order valence-corrected chi connectivity index (χ3v) is 2.46. The molecule has 0 radical (unpaired) electrons. The van der Waals surface area contributed by atoms with Gasteiger partial charge in [-0.05, 0) is 6.92 Å². The molecule has 1 aromatic heterocycles. The van der Waals surface area contributed by atoms with E-state index in [0.29, 0.717) is 5.69 Å². The maximum absolute atomic E-state index is 12.9. The van der Waals surface area contributed by atoms with E-state index in [9.17, 15) is 13.6 Å². The molecule has 0 aliphatic carbocycles. The molecule has 0 unspecified atom stereocenters. The van der Waals surface area contributed by atoms with Gasteiger partial charge in [0.15, 0.2) is 0 Å². The number of nitrogens with zero attached hydrogens (tertiary/aromatic N) is 3. The normalized spacial score (nSPS) is 18.8. The summed E-state index contributed by atoms with van der Waals surface area (Å²) in [5.74, 6) is -3.25. The van der Waals surface area contributed by atoms with Crippen molar-refractivity contribution in [2.75, 3.05) is 13.1 Å². The van der Waals surface area contributed by atoms with Crippen molar-refractivity contribution < 1.29 is 13.6 Å². The molecular formula is C10H11F2N3O. The smallest absolute Gasteiger partial charge is 0.274 e. The van der Waals surface area contributed by atoms with Crippen molar-refractivity contribution in [2.45, 2.75) is 19.3 Å². The van der Waals surface area contributed by atoms with Gasteiger partial charge in [0.05, 0.1) is 18.4 Å². The number of carbonyl (C=O) groups is 1. The fourth-order valence-corrected chi connectivity index (χ4v) is 1.57. The Morgan fingerprint density at radius 3 is 2.69 bits per heavy atom. The molecule has 0 spiro atoms. The van der Waals surface area contributed by atoms with E-state index in [4.69, 9.17) is 0 Å². The van der Waals surface area contributed by atoms with Crippen LogP contribution in [0.15, 0.2) is 12.4 Å². The fourth-order valence-electron chi connectivity index (χ4n) is 1.57. The summed E-state index contributed by atoms with van der Waals surface area (Å²) >= 11 is 0. The summed E-state index contributed by atoms with van der Waals surface area (Å²) in [6, 6.07) is 0. The minimum absolute atomic E-state index is 0.0708. The van der Waals surface area contributed by atoms with Crippen molar-refractivity contribution in [3.05, 3.63) is 23.8 Å². The Morgan fingerprint density at radius 2 is 2.19 bits per heavy atom. The van der Waals surface area contributed by atoms with Gasteiger partial charge < -0.3 is 4.90 Å². The molecule has 1 amide bonds. The van der Waals surface area contributed by atoms with Crippen molar-refractivity contribution in [3.8, 4) is 0 Å². The Morgan fingerprint density at radius 1 is 1.44 bits per heavy atom. The van der Waals surface area contributed by atoms with Crippen LogP contribution in [0.5, 0.6) is 0 Å². The molecule has 86 valence electrons. The lowest BCUT2D eigenvalue weighted by atomic mass is 10.3. The highest BCUT2D eigenvalue weighted by molar-refractivity contribution is 5.92. The van der Waals surface area contributed by atoms with E-state index < -0.39 is 18.4 Å². The summed E-state index contributed by atoms with van der Waals surface area (Å²) < 4.78 is 25.8. The standard InChI is InChI=1S/C10H11F2N3O/c1-7-4-14-8(5-13-7)9(16)15-3-2-10(11,12)6-15/h4-5H,2-3,6H2,1H3. The number of alkyl halides is 2. The third-order valence-electron chi connectivity index (χ3n) is 2.46. The van der Waals surface area contributed by atoms with Crippen LogP contribution in [-0.2, 0) is 0 Å². The summed E-state index contributed by atoms with van der Waals surface area (Å²) in [7, 11) is 0. The van der Waals surface area contributed by atoms with Crippen LogP contribution in [0.4, 0.5) is 8.78 Å². The molecule has 0 aromatic carbocycles. The second kappa shape index (κ2) is 3.77. The largest absolute Gasteiger partial charge is 0.331 e. The maximum atomic E-state index is 12.9. The molecular weight excluding hydrogens is 216 g/mol. The number of hydrogen-bond donors (Lipinski definition) is 0. The first-order valence-electron chi connectivity index (χ1n) is 4.94. The highest BCUT2D eigenvalue weighted by Crippen LogP contribution is 2.27. The number of aryl methyl sites for hydroxylation is 1. The second-order valence-electron chi connectivity index (χ2n) is 3.88. The fraction of sp³-hybridized carbons (Fsp3) is 0.500. The van der Waals surface area contributed by atoms with Crippen LogP contribution in [0.2, 0.25) is 0 Å². The average molecular weight is 227 g/mol. The number of halogens is 2. The van der Waals surface area contributed by atoms with E-state index in [1.165, 1.54) is 12.4 Å². The molecule has 0 saturated carbocycles. The van der Waals surface area contributed by atoms with Crippen LogP contribution in [0.1, 0.15) is 22.6 Å².